The Balaban J connectivity index is 2.05. The van der Waals surface area contributed by atoms with E-state index in [9.17, 15) is 13.5 Å². The van der Waals surface area contributed by atoms with Gasteiger partial charge in [0.15, 0.2) is 0 Å². The lowest BCUT2D eigenvalue weighted by Crippen LogP contribution is -2.44. The second kappa shape index (κ2) is 7.55. The number of sulfonamides is 1. The Hall–Kier alpha value is -0.950. The Bertz CT molecular complexity index is 589. The predicted octanol–water partition coefficient (Wildman–Crippen LogP) is 1.50. The number of likely N-dealkylation sites (tertiary alicyclic amines) is 1. The van der Waals surface area contributed by atoms with Crippen LogP contribution in [0.25, 0.3) is 0 Å². The average molecular weight is 326 g/mol. The number of nitrogens with two attached hydrogens (primary N) is 1. The molecule has 6 heteroatoms. The van der Waals surface area contributed by atoms with Crippen LogP contribution >= 0.6 is 0 Å². The van der Waals surface area contributed by atoms with Crippen LogP contribution in [-0.2, 0) is 16.4 Å². The van der Waals surface area contributed by atoms with Crippen LogP contribution in [0.15, 0.2) is 29.2 Å². The Kier molecular flexibility index (Phi) is 5.97. The molecule has 0 aliphatic carbocycles. The third-order valence-corrected chi connectivity index (χ3v) is 5.41. The van der Waals surface area contributed by atoms with Crippen molar-refractivity contribution in [1.82, 2.24) is 4.90 Å². The molecule has 0 aromatic heterocycles. The third-order valence-electron chi connectivity index (χ3n) is 4.40. The number of primary sulfonamides is 1. The third kappa shape index (κ3) is 4.52. The molecule has 124 valence electrons. The van der Waals surface area contributed by atoms with E-state index in [-0.39, 0.29) is 4.90 Å². The lowest BCUT2D eigenvalue weighted by Gasteiger charge is -2.36. The first-order valence-corrected chi connectivity index (χ1v) is 9.49. The van der Waals surface area contributed by atoms with Gasteiger partial charge in [-0.25, -0.2) is 13.6 Å². The molecule has 3 N–H and O–H groups in total. The quantitative estimate of drug-likeness (QED) is 0.830. The van der Waals surface area contributed by atoms with Crippen LogP contribution in [0.3, 0.4) is 0 Å². The first-order chi connectivity index (χ1) is 10.4. The van der Waals surface area contributed by atoms with Crippen molar-refractivity contribution >= 4 is 10.0 Å². The van der Waals surface area contributed by atoms with Gasteiger partial charge in [0, 0.05) is 19.0 Å². The minimum atomic E-state index is -3.75. The molecule has 2 atom stereocenters. The molecule has 1 heterocycles. The van der Waals surface area contributed by atoms with Crippen LogP contribution in [0.4, 0.5) is 0 Å². The standard InChI is InChI=1S/C16H26N2O3S/c1-2-14-8-5-6-10-18(14)12-15(19)11-13-7-3-4-9-16(13)22(17,20)21/h3-4,7,9,14-15,19H,2,5-6,8,10-12H2,1H3,(H2,17,20,21)/t14-,15+/m0/s1. The smallest absolute Gasteiger partial charge is 0.238 e. The zero-order valence-electron chi connectivity index (χ0n) is 13.1. The highest BCUT2D eigenvalue weighted by molar-refractivity contribution is 7.89. The van der Waals surface area contributed by atoms with Gasteiger partial charge in [0.25, 0.3) is 0 Å². The van der Waals surface area contributed by atoms with Gasteiger partial charge < -0.3 is 5.11 Å². The first kappa shape index (κ1) is 17.4. The van der Waals surface area contributed by atoms with Crippen LogP contribution < -0.4 is 5.14 Å². The number of hydrogen-bond donors (Lipinski definition) is 2. The van der Waals surface area contributed by atoms with Crippen molar-refractivity contribution in [1.29, 1.82) is 0 Å². The summed E-state index contributed by atoms with van der Waals surface area (Å²) in [7, 11) is -3.75. The summed E-state index contributed by atoms with van der Waals surface area (Å²) in [6.45, 7) is 3.76. The Labute approximate surface area is 133 Å². The molecule has 1 aromatic carbocycles. The number of hydrogen-bond acceptors (Lipinski definition) is 4. The molecule has 1 fully saturated rings. The van der Waals surface area contributed by atoms with E-state index in [1.165, 1.54) is 18.9 Å². The average Bonchev–Trinajstić information content (AvgIpc) is 2.47. The second-order valence-corrected chi connectivity index (χ2v) is 7.59. The van der Waals surface area contributed by atoms with Gasteiger partial charge >= 0.3 is 0 Å². The summed E-state index contributed by atoms with van der Waals surface area (Å²) >= 11 is 0. The van der Waals surface area contributed by atoms with Gasteiger partial charge in [0.2, 0.25) is 10.0 Å². The minimum absolute atomic E-state index is 0.111. The van der Waals surface area contributed by atoms with E-state index in [1.807, 2.05) is 0 Å². The summed E-state index contributed by atoms with van der Waals surface area (Å²) in [4.78, 5) is 2.44. The molecule has 22 heavy (non-hydrogen) atoms. The van der Waals surface area contributed by atoms with Crippen molar-refractivity contribution in [3.05, 3.63) is 29.8 Å². The Morgan fingerprint density at radius 3 is 2.77 bits per heavy atom. The Morgan fingerprint density at radius 1 is 1.36 bits per heavy atom. The summed E-state index contributed by atoms with van der Waals surface area (Å²) in [5.41, 5.74) is 0.586. The molecule has 0 radical (unpaired) electrons. The van der Waals surface area contributed by atoms with Gasteiger partial charge in [-0.3, -0.25) is 4.90 Å². The number of nitrogens with zero attached hydrogens (tertiary/aromatic N) is 1. The van der Waals surface area contributed by atoms with Crippen LogP contribution in [0.2, 0.25) is 0 Å². The number of piperidine rings is 1. The van der Waals surface area contributed by atoms with Crippen molar-refractivity contribution < 1.29 is 13.5 Å². The van der Waals surface area contributed by atoms with Crippen molar-refractivity contribution in [2.75, 3.05) is 13.1 Å². The summed E-state index contributed by atoms with van der Waals surface area (Å²) in [6.07, 6.45) is 4.39. The molecule has 1 aliphatic heterocycles. The number of aliphatic hydroxyl groups is 1. The number of rotatable bonds is 6. The van der Waals surface area contributed by atoms with Gasteiger partial charge in [-0.1, -0.05) is 31.5 Å². The molecule has 1 saturated heterocycles. The van der Waals surface area contributed by atoms with Crippen molar-refractivity contribution in [2.24, 2.45) is 5.14 Å². The zero-order chi connectivity index (χ0) is 16.2. The molecule has 1 aliphatic rings. The number of benzene rings is 1. The van der Waals surface area contributed by atoms with Gasteiger partial charge in [0.1, 0.15) is 0 Å². The minimum Gasteiger partial charge on any atom is -0.391 e. The van der Waals surface area contributed by atoms with Crippen LogP contribution in [-0.4, -0.2) is 43.7 Å². The fraction of sp³-hybridized carbons (Fsp3) is 0.625. The predicted molar refractivity (Wildman–Crippen MR) is 87.0 cm³/mol. The van der Waals surface area contributed by atoms with Crippen molar-refractivity contribution in [2.45, 2.75) is 56.1 Å². The van der Waals surface area contributed by atoms with Gasteiger partial charge in [-0.15, -0.1) is 0 Å². The van der Waals surface area contributed by atoms with E-state index in [0.29, 0.717) is 24.6 Å². The summed E-state index contributed by atoms with van der Waals surface area (Å²) in [6, 6.07) is 7.15. The highest BCUT2D eigenvalue weighted by atomic mass is 32.2. The van der Waals surface area contributed by atoms with E-state index < -0.39 is 16.1 Å². The normalized spacial score (nSPS) is 21.7. The van der Waals surface area contributed by atoms with E-state index in [2.05, 4.69) is 11.8 Å². The van der Waals surface area contributed by atoms with Crippen LogP contribution in [0.5, 0.6) is 0 Å². The van der Waals surface area contributed by atoms with Crippen LogP contribution in [0, 0.1) is 0 Å². The lowest BCUT2D eigenvalue weighted by molar-refractivity contribution is 0.0658. The largest absolute Gasteiger partial charge is 0.391 e. The van der Waals surface area contributed by atoms with Crippen molar-refractivity contribution in [3.8, 4) is 0 Å². The van der Waals surface area contributed by atoms with E-state index in [4.69, 9.17) is 5.14 Å². The molecule has 1 aromatic rings. The summed E-state index contributed by atoms with van der Waals surface area (Å²) in [5.74, 6) is 0. The maximum Gasteiger partial charge on any atom is 0.238 e. The molecule has 0 spiro atoms. The lowest BCUT2D eigenvalue weighted by atomic mass is 9.98. The Morgan fingerprint density at radius 2 is 2.09 bits per heavy atom. The van der Waals surface area contributed by atoms with E-state index in [0.717, 1.165) is 19.4 Å². The molecule has 5 nitrogen and oxygen atoms in total. The zero-order valence-corrected chi connectivity index (χ0v) is 13.9. The van der Waals surface area contributed by atoms with Crippen molar-refractivity contribution in [3.63, 3.8) is 0 Å². The second-order valence-electron chi connectivity index (χ2n) is 6.06. The maximum atomic E-state index is 11.6. The number of aliphatic hydroxyl groups excluding tert-OH is 1. The fourth-order valence-corrected chi connectivity index (χ4v) is 4.09. The van der Waals surface area contributed by atoms with Gasteiger partial charge in [0.05, 0.1) is 11.0 Å². The fourth-order valence-electron chi connectivity index (χ4n) is 3.30. The molecule has 0 unspecified atom stereocenters. The first-order valence-electron chi connectivity index (χ1n) is 7.94. The number of β-amino-alcohol motifs (C(OH)–C–C–N with tert-alkyl or cyclic N) is 1. The molecule has 0 saturated carbocycles. The molecule has 0 amide bonds. The SMILES string of the molecule is CC[C@H]1CCCCN1C[C@H](O)Cc1ccccc1S(N)(=O)=O. The van der Waals surface area contributed by atoms with E-state index in [1.54, 1.807) is 18.2 Å². The topological polar surface area (TPSA) is 83.6 Å². The van der Waals surface area contributed by atoms with Crippen LogP contribution in [0.1, 0.15) is 38.2 Å². The summed E-state index contributed by atoms with van der Waals surface area (Å²) in [5, 5.41) is 15.6. The molecular formula is C16H26N2O3S. The maximum absolute atomic E-state index is 11.6. The highest BCUT2D eigenvalue weighted by Crippen LogP contribution is 2.21. The monoisotopic (exact) mass is 326 g/mol. The molecule has 0 bridgehead atoms. The van der Waals surface area contributed by atoms with Gasteiger partial charge in [-0.05, 0) is 37.4 Å². The molecule has 2 rings (SSSR count). The summed E-state index contributed by atoms with van der Waals surface area (Å²) < 4.78 is 23.2. The molecular weight excluding hydrogens is 300 g/mol. The van der Waals surface area contributed by atoms with Gasteiger partial charge in [-0.2, -0.15) is 0 Å². The highest BCUT2D eigenvalue weighted by Gasteiger charge is 2.24. The van der Waals surface area contributed by atoms with E-state index >= 15 is 0 Å².